The van der Waals surface area contributed by atoms with Crippen molar-refractivity contribution in [2.24, 2.45) is 4.99 Å². The lowest BCUT2D eigenvalue weighted by molar-refractivity contribution is 0.601. The third-order valence-electron chi connectivity index (χ3n) is 4.35. The predicted molar refractivity (Wildman–Crippen MR) is 127 cm³/mol. The van der Waals surface area contributed by atoms with E-state index >= 15 is 0 Å². The quantitative estimate of drug-likeness (QED) is 0.334. The normalized spacial score (nSPS) is 11.6. The highest BCUT2D eigenvalue weighted by Gasteiger charge is 2.10. The monoisotopic (exact) mass is 515 g/mol. The fraction of sp³-hybridized carbons (Fsp3) is 0.381. The van der Waals surface area contributed by atoms with Crippen molar-refractivity contribution >= 4 is 39.8 Å². The maximum absolute atomic E-state index is 11.7. The molecule has 0 radical (unpaired) electrons. The summed E-state index contributed by atoms with van der Waals surface area (Å²) >= 11 is 0. The number of guanidine groups is 1. The van der Waals surface area contributed by atoms with Gasteiger partial charge in [0.25, 0.3) is 0 Å². The van der Waals surface area contributed by atoms with Crippen molar-refractivity contribution in [3.8, 4) is 0 Å². The molecule has 0 aliphatic heterocycles. The van der Waals surface area contributed by atoms with E-state index in [4.69, 9.17) is 0 Å². The fourth-order valence-electron chi connectivity index (χ4n) is 2.99. The maximum Gasteiger partial charge on any atom is 0.191 e. The summed E-state index contributed by atoms with van der Waals surface area (Å²) in [4.78, 5) is 5.00. The number of rotatable bonds is 7. The molecule has 0 amide bonds. The first-order chi connectivity index (χ1) is 12.8. The molecule has 0 heterocycles. The van der Waals surface area contributed by atoms with E-state index in [1.54, 1.807) is 6.07 Å². The Morgan fingerprint density at radius 3 is 2.29 bits per heavy atom. The molecule has 0 unspecified atom stereocenters. The van der Waals surface area contributed by atoms with Crippen molar-refractivity contribution in [1.29, 1.82) is 0 Å². The Balaban J connectivity index is 0.00000392. The number of aliphatic imine (C=N–C) groups is 1. The third kappa shape index (κ3) is 7.09. The van der Waals surface area contributed by atoms with Gasteiger partial charge in [0.1, 0.15) is 0 Å². The van der Waals surface area contributed by atoms with E-state index in [1.807, 2.05) is 32.0 Å². The van der Waals surface area contributed by atoms with Gasteiger partial charge < -0.3 is 10.6 Å². The molecule has 2 N–H and O–H groups in total. The topological polar surface area (TPSA) is 70.6 Å². The van der Waals surface area contributed by atoms with Crippen molar-refractivity contribution in [1.82, 2.24) is 10.6 Å². The van der Waals surface area contributed by atoms with Crippen molar-refractivity contribution in [2.45, 2.75) is 45.2 Å². The molecule has 0 aliphatic rings. The molecule has 0 aromatic heterocycles. The summed E-state index contributed by atoms with van der Waals surface area (Å²) in [5.41, 5.74) is 4.32. The Hall–Kier alpha value is -1.61. The van der Waals surface area contributed by atoms with Crippen LogP contribution in [0.3, 0.4) is 0 Å². The summed E-state index contributed by atoms with van der Waals surface area (Å²) in [6, 6.07) is 13.7. The van der Waals surface area contributed by atoms with E-state index in [1.165, 1.54) is 17.4 Å². The van der Waals surface area contributed by atoms with Crippen LogP contribution in [0.2, 0.25) is 0 Å². The molecule has 2 rings (SSSR count). The third-order valence-corrected chi connectivity index (χ3v) is 5.61. The van der Waals surface area contributed by atoms with Gasteiger partial charge in [-0.15, -0.1) is 24.0 Å². The Labute approximate surface area is 186 Å². The Bertz CT molecular complexity index is 912. The minimum absolute atomic E-state index is 0. The standard InChI is InChI=1S/C21H29N3O2S.HI/c1-5-18-9-7-8-10-19(18)15-24-21(22-6-2)23-14-17-11-12-20(16(3)13-17)27(4,25)26;/h7-13H,5-6,14-15H2,1-4H3,(H2,22,23,24);1H. The zero-order valence-corrected chi connectivity index (χ0v) is 20.1. The predicted octanol–water partition coefficient (Wildman–Crippen LogP) is 3.83. The number of nitrogens with zero attached hydrogens (tertiary/aromatic N) is 1. The minimum Gasteiger partial charge on any atom is -0.357 e. The van der Waals surface area contributed by atoms with Crippen molar-refractivity contribution in [3.05, 3.63) is 64.7 Å². The summed E-state index contributed by atoms with van der Waals surface area (Å²) in [7, 11) is -3.20. The van der Waals surface area contributed by atoms with Crippen LogP contribution in [0.15, 0.2) is 52.4 Å². The molecule has 0 bridgehead atoms. The van der Waals surface area contributed by atoms with Gasteiger partial charge >= 0.3 is 0 Å². The van der Waals surface area contributed by atoms with Crippen LogP contribution in [0.25, 0.3) is 0 Å². The molecule has 2 aromatic rings. The van der Waals surface area contributed by atoms with E-state index < -0.39 is 9.84 Å². The van der Waals surface area contributed by atoms with Crippen LogP contribution in [-0.2, 0) is 29.3 Å². The Morgan fingerprint density at radius 2 is 1.71 bits per heavy atom. The number of sulfone groups is 1. The molecule has 0 saturated heterocycles. The van der Waals surface area contributed by atoms with Crippen LogP contribution in [0.1, 0.15) is 36.1 Å². The van der Waals surface area contributed by atoms with Gasteiger partial charge in [0.15, 0.2) is 15.8 Å². The molecule has 28 heavy (non-hydrogen) atoms. The average Bonchev–Trinajstić information content (AvgIpc) is 2.63. The van der Waals surface area contributed by atoms with Crippen molar-refractivity contribution < 1.29 is 8.42 Å². The lowest BCUT2D eigenvalue weighted by Crippen LogP contribution is -2.37. The van der Waals surface area contributed by atoms with Crippen LogP contribution in [-0.4, -0.2) is 27.2 Å². The lowest BCUT2D eigenvalue weighted by atomic mass is 10.1. The summed E-state index contributed by atoms with van der Waals surface area (Å²) in [5, 5.41) is 6.63. The minimum atomic E-state index is -3.20. The second-order valence-corrected chi connectivity index (χ2v) is 8.53. The van der Waals surface area contributed by atoms with E-state index in [0.29, 0.717) is 18.0 Å². The summed E-state index contributed by atoms with van der Waals surface area (Å²) in [6.45, 7) is 7.96. The van der Waals surface area contributed by atoms with Gasteiger partial charge in [0.2, 0.25) is 0 Å². The lowest BCUT2D eigenvalue weighted by Gasteiger charge is -2.13. The second kappa shape index (κ2) is 11.4. The number of hydrogen-bond acceptors (Lipinski definition) is 3. The molecule has 154 valence electrons. The molecule has 0 saturated carbocycles. The van der Waals surface area contributed by atoms with Gasteiger partial charge in [0, 0.05) is 19.3 Å². The highest BCUT2D eigenvalue weighted by atomic mass is 127. The maximum atomic E-state index is 11.7. The summed E-state index contributed by atoms with van der Waals surface area (Å²) in [5.74, 6) is 0.744. The number of hydrogen-bond donors (Lipinski definition) is 2. The zero-order chi connectivity index (χ0) is 19.9. The van der Waals surface area contributed by atoms with Gasteiger partial charge in [-0.3, -0.25) is 0 Å². The van der Waals surface area contributed by atoms with E-state index in [2.05, 4.69) is 40.7 Å². The number of halogens is 1. The Kier molecular flexibility index (Phi) is 9.95. The molecule has 2 aromatic carbocycles. The first-order valence-electron chi connectivity index (χ1n) is 9.23. The van der Waals surface area contributed by atoms with Crippen molar-refractivity contribution in [3.63, 3.8) is 0 Å². The smallest absolute Gasteiger partial charge is 0.191 e. The number of aryl methyl sites for hydroxylation is 2. The SMILES string of the molecule is CCNC(=NCc1ccc(S(C)(=O)=O)c(C)c1)NCc1ccccc1CC.I. The van der Waals surface area contributed by atoms with Crippen LogP contribution in [0.4, 0.5) is 0 Å². The first kappa shape index (κ1) is 24.4. The summed E-state index contributed by atoms with van der Waals surface area (Å²) in [6.07, 6.45) is 2.23. The van der Waals surface area contributed by atoms with Crippen LogP contribution >= 0.6 is 24.0 Å². The van der Waals surface area contributed by atoms with Gasteiger partial charge in [-0.25, -0.2) is 13.4 Å². The molecule has 0 fully saturated rings. The largest absolute Gasteiger partial charge is 0.357 e. The number of benzene rings is 2. The van der Waals surface area contributed by atoms with E-state index in [9.17, 15) is 8.42 Å². The van der Waals surface area contributed by atoms with E-state index in [-0.39, 0.29) is 24.0 Å². The van der Waals surface area contributed by atoms with E-state index in [0.717, 1.165) is 30.1 Å². The van der Waals surface area contributed by atoms with Crippen LogP contribution < -0.4 is 10.6 Å². The van der Waals surface area contributed by atoms with Crippen LogP contribution in [0, 0.1) is 6.92 Å². The highest BCUT2D eigenvalue weighted by molar-refractivity contribution is 14.0. The number of nitrogens with one attached hydrogen (secondary N) is 2. The second-order valence-electron chi connectivity index (χ2n) is 6.54. The highest BCUT2D eigenvalue weighted by Crippen LogP contribution is 2.17. The van der Waals surface area contributed by atoms with Gasteiger partial charge in [-0.2, -0.15) is 0 Å². The molecular weight excluding hydrogens is 485 g/mol. The van der Waals surface area contributed by atoms with Gasteiger partial charge in [-0.1, -0.05) is 43.3 Å². The zero-order valence-electron chi connectivity index (χ0n) is 17.0. The molecule has 0 aliphatic carbocycles. The van der Waals surface area contributed by atoms with Crippen LogP contribution in [0.5, 0.6) is 0 Å². The first-order valence-corrected chi connectivity index (χ1v) is 11.1. The molecule has 7 heteroatoms. The fourth-order valence-corrected chi connectivity index (χ4v) is 3.95. The summed E-state index contributed by atoms with van der Waals surface area (Å²) < 4.78 is 23.5. The molecule has 0 atom stereocenters. The molecule has 5 nitrogen and oxygen atoms in total. The average molecular weight is 515 g/mol. The molecular formula is C21H30IN3O2S. The molecule has 0 spiro atoms. The Morgan fingerprint density at radius 1 is 1.04 bits per heavy atom. The van der Waals surface area contributed by atoms with Crippen molar-refractivity contribution in [2.75, 3.05) is 12.8 Å². The van der Waals surface area contributed by atoms with Gasteiger partial charge in [-0.05, 0) is 48.6 Å². The van der Waals surface area contributed by atoms with Gasteiger partial charge in [0.05, 0.1) is 11.4 Å².